The van der Waals surface area contributed by atoms with E-state index in [0.717, 1.165) is 5.56 Å². The Morgan fingerprint density at radius 2 is 1.96 bits per heavy atom. The van der Waals surface area contributed by atoms with Crippen LogP contribution in [0, 0.1) is 5.82 Å². The summed E-state index contributed by atoms with van der Waals surface area (Å²) in [4.78, 5) is 0. The van der Waals surface area contributed by atoms with Gasteiger partial charge in [0.25, 0.3) is 0 Å². The SMILES string of the molecule is COc1cc(CNC(C)(C)CO)ccc1OCc1c(F)cccc1Cl. The van der Waals surface area contributed by atoms with Crippen LogP contribution < -0.4 is 14.8 Å². The molecule has 4 nitrogen and oxygen atoms in total. The van der Waals surface area contributed by atoms with Crippen LogP contribution >= 0.6 is 11.6 Å². The second-order valence-electron chi connectivity index (χ2n) is 6.37. The van der Waals surface area contributed by atoms with Crippen LogP contribution in [0.5, 0.6) is 11.5 Å². The summed E-state index contributed by atoms with van der Waals surface area (Å²) in [5, 5.41) is 12.9. The maximum atomic E-state index is 13.8. The van der Waals surface area contributed by atoms with Gasteiger partial charge in [0.15, 0.2) is 11.5 Å². The van der Waals surface area contributed by atoms with Gasteiger partial charge in [0.2, 0.25) is 0 Å². The van der Waals surface area contributed by atoms with Gasteiger partial charge in [-0.2, -0.15) is 0 Å². The third-order valence-electron chi connectivity index (χ3n) is 3.83. The smallest absolute Gasteiger partial charge is 0.161 e. The molecule has 0 aliphatic rings. The number of hydrogen-bond acceptors (Lipinski definition) is 4. The predicted octanol–water partition coefficient (Wildman–Crippen LogP) is 3.93. The molecule has 0 saturated carbocycles. The zero-order valence-electron chi connectivity index (χ0n) is 14.6. The second-order valence-corrected chi connectivity index (χ2v) is 6.78. The molecular weight excluding hydrogens is 345 g/mol. The highest BCUT2D eigenvalue weighted by Gasteiger charge is 2.16. The summed E-state index contributed by atoms with van der Waals surface area (Å²) < 4.78 is 24.9. The standard InChI is InChI=1S/C19H23ClFNO3/c1-19(2,12-23)22-10-13-7-8-17(18(9-13)24-3)25-11-14-15(20)5-4-6-16(14)21/h4-9,22-23H,10-12H2,1-3H3. The average Bonchev–Trinajstić information content (AvgIpc) is 2.60. The molecule has 0 fully saturated rings. The first-order valence-corrected chi connectivity index (χ1v) is 8.32. The lowest BCUT2D eigenvalue weighted by atomic mass is 10.1. The highest BCUT2D eigenvalue weighted by Crippen LogP contribution is 2.30. The van der Waals surface area contributed by atoms with Gasteiger partial charge in [0.05, 0.1) is 18.7 Å². The van der Waals surface area contributed by atoms with E-state index in [1.54, 1.807) is 25.3 Å². The molecule has 0 aromatic heterocycles. The maximum absolute atomic E-state index is 13.8. The largest absolute Gasteiger partial charge is 0.493 e. The number of hydrogen-bond donors (Lipinski definition) is 2. The van der Waals surface area contributed by atoms with Gasteiger partial charge in [-0.15, -0.1) is 0 Å². The lowest BCUT2D eigenvalue weighted by Crippen LogP contribution is -2.42. The number of ether oxygens (including phenoxy) is 2. The minimum absolute atomic E-state index is 0.0109. The Labute approximate surface area is 152 Å². The Balaban J connectivity index is 2.09. The number of rotatable bonds is 8. The van der Waals surface area contributed by atoms with Gasteiger partial charge in [0, 0.05) is 17.6 Å². The Morgan fingerprint density at radius 3 is 2.60 bits per heavy atom. The highest BCUT2D eigenvalue weighted by molar-refractivity contribution is 6.31. The fraction of sp³-hybridized carbons (Fsp3) is 0.368. The van der Waals surface area contributed by atoms with E-state index in [0.29, 0.717) is 28.6 Å². The summed E-state index contributed by atoms with van der Waals surface area (Å²) in [7, 11) is 1.55. The molecule has 2 aromatic carbocycles. The van der Waals surface area contributed by atoms with Gasteiger partial charge in [-0.3, -0.25) is 0 Å². The molecule has 0 aliphatic heterocycles. The van der Waals surface area contributed by atoms with E-state index in [9.17, 15) is 9.50 Å². The molecule has 0 atom stereocenters. The van der Waals surface area contributed by atoms with Crippen molar-refractivity contribution >= 4 is 11.6 Å². The number of benzene rings is 2. The summed E-state index contributed by atoms with van der Waals surface area (Å²) in [6, 6.07) is 10.0. The lowest BCUT2D eigenvalue weighted by molar-refractivity contribution is 0.187. The molecule has 0 spiro atoms. The van der Waals surface area contributed by atoms with Gasteiger partial charge >= 0.3 is 0 Å². The molecule has 136 valence electrons. The van der Waals surface area contributed by atoms with Crippen LogP contribution in [0.25, 0.3) is 0 Å². The monoisotopic (exact) mass is 367 g/mol. The topological polar surface area (TPSA) is 50.7 Å². The van der Waals surface area contributed by atoms with Crippen molar-refractivity contribution in [3.05, 3.63) is 58.4 Å². The van der Waals surface area contributed by atoms with E-state index >= 15 is 0 Å². The molecule has 0 saturated heterocycles. The van der Waals surface area contributed by atoms with E-state index in [2.05, 4.69) is 5.32 Å². The van der Waals surface area contributed by atoms with Crippen molar-refractivity contribution in [2.75, 3.05) is 13.7 Å². The summed E-state index contributed by atoms with van der Waals surface area (Å²) in [5.41, 5.74) is 0.917. The number of aliphatic hydroxyl groups excluding tert-OH is 1. The van der Waals surface area contributed by atoms with Crippen molar-refractivity contribution in [2.45, 2.75) is 32.5 Å². The molecule has 2 N–H and O–H groups in total. The average molecular weight is 368 g/mol. The van der Waals surface area contributed by atoms with Crippen molar-refractivity contribution in [1.29, 1.82) is 0 Å². The van der Waals surface area contributed by atoms with Gasteiger partial charge < -0.3 is 19.9 Å². The van der Waals surface area contributed by atoms with E-state index in [1.165, 1.54) is 6.07 Å². The molecule has 25 heavy (non-hydrogen) atoms. The minimum atomic E-state index is -0.404. The predicted molar refractivity (Wildman–Crippen MR) is 96.7 cm³/mol. The van der Waals surface area contributed by atoms with Crippen molar-refractivity contribution in [2.24, 2.45) is 0 Å². The Morgan fingerprint density at radius 1 is 1.20 bits per heavy atom. The quantitative estimate of drug-likeness (QED) is 0.742. The normalized spacial score (nSPS) is 11.4. The van der Waals surface area contributed by atoms with Gasteiger partial charge in [-0.1, -0.05) is 23.7 Å². The van der Waals surface area contributed by atoms with Crippen LogP contribution in [0.3, 0.4) is 0 Å². The number of halogens is 2. The maximum Gasteiger partial charge on any atom is 0.161 e. The molecule has 0 aliphatic carbocycles. The first-order valence-electron chi connectivity index (χ1n) is 7.95. The summed E-state index contributed by atoms with van der Waals surface area (Å²) in [6.07, 6.45) is 0. The molecule has 6 heteroatoms. The van der Waals surface area contributed by atoms with Crippen LogP contribution in [0.2, 0.25) is 5.02 Å². The molecule has 0 unspecified atom stereocenters. The zero-order valence-corrected chi connectivity index (χ0v) is 15.4. The summed E-state index contributed by atoms with van der Waals surface area (Å²) >= 11 is 6.01. The lowest BCUT2D eigenvalue weighted by Gasteiger charge is -2.23. The van der Waals surface area contributed by atoms with E-state index in [1.807, 2.05) is 26.0 Å². The molecule has 0 amide bonds. The van der Waals surface area contributed by atoms with Crippen molar-refractivity contribution in [3.8, 4) is 11.5 Å². The minimum Gasteiger partial charge on any atom is -0.493 e. The highest BCUT2D eigenvalue weighted by atomic mass is 35.5. The summed E-state index contributed by atoms with van der Waals surface area (Å²) in [6.45, 7) is 4.45. The van der Waals surface area contributed by atoms with Crippen LogP contribution in [0.1, 0.15) is 25.0 Å². The van der Waals surface area contributed by atoms with E-state index < -0.39 is 5.82 Å². The third kappa shape index (κ3) is 5.33. The molecule has 2 rings (SSSR count). The molecule has 2 aromatic rings. The number of nitrogens with one attached hydrogen (secondary N) is 1. The van der Waals surface area contributed by atoms with Gasteiger partial charge in [-0.05, 0) is 43.7 Å². The fourth-order valence-corrected chi connectivity index (χ4v) is 2.38. The molecule has 0 bridgehead atoms. The molecule has 0 radical (unpaired) electrons. The Bertz CT molecular complexity index is 702. The van der Waals surface area contributed by atoms with Crippen LogP contribution in [-0.2, 0) is 13.2 Å². The Kier molecular flexibility index (Phi) is 6.64. The van der Waals surface area contributed by atoms with Crippen molar-refractivity contribution < 1.29 is 19.0 Å². The zero-order chi connectivity index (χ0) is 18.4. The van der Waals surface area contributed by atoms with Crippen LogP contribution in [0.15, 0.2) is 36.4 Å². The Hall–Kier alpha value is -1.82. The van der Waals surface area contributed by atoms with E-state index in [-0.39, 0.29) is 18.8 Å². The first kappa shape index (κ1) is 19.5. The molecule has 0 heterocycles. The van der Waals surface area contributed by atoms with Crippen LogP contribution in [-0.4, -0.2) is 24.4 Å². The summed E-state index contributed by atoms with van der Waals surface area (Å²) in [5.74, 6) is 0.652. The second kappa shape index (κ2) is 8.52. The van der Waals surface area contributed by atoms with E-state index in [4.69, 9.17) is 21.1 Å². The van der Waals surface area contributed by atoms with Crippen LogP contribution in [0.4, 0.5) is 4.39 Å². The number of aliphatic hydroxyl groups is 1. The van der Waals surface area contributed by atoms with Gasteiger partial charge in [-0.25, -0.2) is 4.39 Å². The first-order chi connectivity index (χ1) is 11.9. The van der Waals surface area contributed by atoms with Gasteiger partial charge in [0.1, 0.15) is 12.4 Å². The fourth-order valence-electron chi connectivity index (χ4n) is 2.16. The third-order valence-corrected chi connectivity index (χ3v) is 4.18. The van der Waals surface area contributed by atoms with Crippen molar-refractivity contribution in [3.63, 3.8) is 0 Å². The van der Waals surface area contributed by atoms with Crippen molar-refractivity contribution in [1.82, 2.24) is 5.32 Å². The molecular formula is C19H23ClFNO3. The number of methoxy groups -OCH3 is 1.